The van der Waals surface area contributed by atoms with Crippen LogP contribution in [0.4, 0.5) is 10.1 Å². The van der Waals surface area contributed by atoms with E-state index in [2.05, 4.69) is 10.4 Å². The number of hydrogen-bond donors (Lipinski definition) is 1. The highest BCUT2D eigenvalue weighted by atomic mass is 35.5. The summed E-state index contributed by atoms with van der Waals surface area (Å²) in [6.45, 7) is 2.45. The van der Waals surface area contributed by atoms with Crippen molar-refractivity contribution < 1.29 is 9.18 Å². The van der Waals surface area contributed by atoms with Crippen molar-refractivity contribution in [3.05, 3.63) is 71.1 Å². The van der Waals surface area contributed by atoms with Crippen LogP contribution in [0.5, 0.6) is 0 Å². The van der Waals surface area contributed by atoms with Crippen molar-refractivity contribution >= 4 is 23.2 Å². The van der Waals surface area contributed by atoms with Crippen LogP contribution in [0.3, 0.4) is 0 Å². The Balaban J connectivity index is 1.89. The molecule has 0 radical (unpaired) electrons. The zero-order valence-electron chi connectivity index (χ0n) is 13.0. The van der Waals surface area contributed by atoms with Crippen LogP contribution in [0, 0.1) is 5.82 Å². The molecule has 0 atom stereocenters. The fourth-order valence-corrected chi connectivity index (χ4v) is 2.55. The molecule has 0 fully saturated rings. The lowest BCUT2D eigenvalue weighted by atomic mass is 10.1. The first kappa shape index (κ1) is 16.2. The summed E-state index contributed by atoms with van der Waals surface area (Å²) >= 11 is 6.01. The second kappa shape index (κ2) is 6.84. The van der Waals surface area contributed by atoms with Crippen LogP contribution in [0.25, 0.3) is 11.3 Å². The third-order valence-corrected chi connectivity index (χ3v) is 3.77. The second-order valence-electron chi connectivity index (χ2n) is 5.20. The maximum Gasteiger partial charge on any atom is 0.273 e. The molecule has 0 saturated carbocycles. The van der Waals surface area contributed by atoms with E-state index >= 15 is 0 Å². The number of aromatic nitrogens is 2. The number of carbonyl (C=O) groups is 1. The molecule has 1 N–H and O–H groups in total. The molecule has 0 aliphatic heterocycles. The summed E-state index contributed by atoms with van der Waals surface area (Å²) in [6.07, 6.45) is 0. The van der Waals surface area contributed by atoms with Crippen molar-refractivity contribution in [2.45, 2.75) is 13.5 Å². The molecule has 0 spiro atoms. The van der Waals surface area contributed by atoms with Gasteiger partial charge in [-0.1, -0.05) is 23.7 Å². The predicted octanol–water partition coefficient (Wildman–Crippen LogP) is 4.61. The topological polar surface area (TPSA) is 46.9 Å². The highest BCUT2D eigenvalue weighted by Crippen LogP contribution is 2.23. The molecular weight excluding hydrogens is 329 g/mol. The summed E-state index contributed by atoms with van der Waals surface area (Å²) < 4.78 is 14.6. The Morgan fingerprint density at radius 1 is 1.21 bits per heavy atom. The summed E-state index contributed by atoms with van der Waals surface area (Å²) in [5.41, 5.74) is 2.46. The highest BCUT2D eigenvalue weighted by molar-refractivity contribution is 6.30. The molecule has 0 aliphatic carbocycles. The maximum atomic E-state index is 13.0. The molecule has 6 heteroatoms. The largest absolute Gasteiger partial charge is 0.321 e. The number of nitrogens with zero attached hydrogens (tertiary/aromatic N) is 2. The van der Waals surface area contributed by atoms with E-state index in [9.17, 15) is 9.18 Å². The normalized spacial score (nSPS) is 10.6. The fourth-order valence-electron chi connectivity index (χ4n) is 2.36. The van der Waals surface area contributed by atoms with Crippen molar-refractivity contribution in [3.63, 3.8) is 0 Å². The van der Waals surface area contributed by atoms with Crippen LogP contribution in [0.1, 0.15) is 17.4 Å². The van der Waals surface area contributed by atoms with Crippen molar-refractivity contribution in [2.75, 3.05) is 5.32 Å². The number of amides is 1. The van der Waals surface area contributed by atoms with Gasteiger partial charge in [0.25, 0.3) is 5.91 Å². The summed E-state index contributed by atoms with van der Waals surface area (Å²) in [4.78, 5) is 12.5. The molecule has 0 aliphatic rings. The third kappa shape index (κ3) is 3.46. The van der Waals surface area contributed by atoms with Gasteiger partial charge in [0.2, 0.25) is 0 Å². The van der Waals surface area contributed by atoms with Crippen molar-refractivity contribution in [3.8, 4) is 11.3 Å². The zero-order chi connectivity index (χ0) is 17.1. The molecule has 0 saturated heterocycles. The van der Waals surface area contributed by atoms with Gasteiger partial charge in [-0.25, -0.2) is 4.39 Å². The van der Waals surface area contributed by atoms with Crippen LogP contribution in [-0.4, -0.2) is 15.7 Å². The minimum absolute atomic E-state index is 0.302. The molecule has 1 aromatic heterocycles. The fraction of sp³-hybridized carbons (Fsp3) is 0.111. The van der Waals surface area contributed by atoms with Gasteiger partial charge in [-0.3, -0.25) is 9.48 Å². The maximum absolute atomic E-state index is 13.0. The quantitative estimate of drug-likeness (QED) is 0.751. The molecule has 0 unspecified atom stereocenters. The van der Waals surface area contributed by atoms with Crippen molar-refractivity contribution in [1.29, 1.82) is 0 Å². The minimum Gasteiger partial charge on any atom is -0.321 e. The Morgan fingerprint density at radius 3 is 2.62 bits per heavy atom. The zero-order valence-corrected chi connectivity index (χ0v) is 13.7. The standard InChI is InChI=1S/C18H15ClFN3O/c1-2-23-17(18(24)21-15-8-6-14(20)7-9-15)11-16(22-23)12-4-3-5-13(19)10-12/h3-11H,2H2,1H3,(H,21,24). The molecule has 3 rings (SSSR count). The average molecular weight is 344 g/mol. The number of nitrogens with one attached hydrogen (secondary N) is 1. The van der Waals surface area contributed by atoms with Crippen LogP contribution < -0.4 is 5.32 Å². The Kier molecular flexibility index (Phi) is 4.62. The summed E-state index contributed by atoms with van der Waals surface area (Å²) in [6, 6.07) is 14.6. The summed E-state index contributed by atoms with van der Waals surface area (Å²) in [5.74, 6) is -0.654. The Labute approximate surface area is 143 Å². The van der Waals surface area contributed by atoms with E-state index in [0.29, 0.717) is 28.6 Å². The predicted molar refractivity (Wildman–Crippen MR) is 92.7 cm³/mol. The van der Waals surface area contributed by atoms with Gasteiger partial charge < -0.3 is 5.32 Å². The smallest absolute Gasteiger partial charge is 0.273 e. The minimum atomic E-state index is -0.352. The van der Waals surface area contributed by atoms with E-state index in [1.54, 1.807) is 22.9 Å². The van der Waals surface area contributed by atoms with Gasteiger partial charge in [-0.15, -0.1) is 0 Å². The first-order valence-corrected chi connectivity index (χ1v) is 7.85. The number of halogens is 2. The van der Waals surface area contributed by atoms with Crippen LogP contribution >= 0.6 is 11.6 Å². The number of anilines is 1. The number of rotatable bonds is 4. The molecule has 24 heavy (non-hydrogen) atoms. The Bertz CT molecular complexity index is 874. The monoisotopic (exact) mass is 343 g/mol. The Morgan fingerprint density at radius 2 is 1.96 bits per heavy atom. The molecule has 3 aromatic rings. The first-order chi connectivity index (χ1) is 11.6. The van der Waals surface area contributed by atoms with Crippen LogP contribution in [-0.2, 0) is 6.54 Å². The number of aryl methyl sites for hydroxylation is 1. The van der Waals surface area contributed by atoms with E-state index in [1.165, 1.54) is 24.3 Å². The van der Waals surface area contributed by atoms with Gasteiger partial charge >= 0.3 is 0 Å². The van der Waals surface area contributed by atoms with Crippen molar-refractivity contribution in [1.82, 2.24) is 9.78 Å². The lowest BCUT2D eigenvalue weighted by Crippen LogP contribution is -2.17. The molecule has 4 nitrogen and oxygen atoms in total. The number of carbonyl (C=O) groups excluding carboxylic acids is 1. The van der Waals surface area contributed by atoms with Gasteiger partial charge in [0.15, 0.2) is 0 Å². The van der Waals surface area contributed by atoms with Gasteiger partial charge in [0, 0.05) is 22.8 Å². The summed E-state index contributed by atoms with van der Waals surface area (Å²) in [5, 5.41) is 7.81. The molecule has 1 heterocycles. The molecule has 122 valence electrons. The van der Waals surface area contributed by atoms with E-state index in [4.69, 9.17) is 11.6 Å². The van der Waals surface area contributed by atoms with Crippen LogP contribution in [0.2, 0.25) is 5.02 Å². The number of hydrogen-bond acceptors (Lipinski definition) is 2. The first-order valence-electron chi connectivity index (χ1n) is 7.47. The van der Waals surface area contributed by atoms with E-state index in [1.807, 2.05) is 19.1 Å². The van der Waals surface area contributed by atoms with E-state index in [-0.39, 0.29) is 11.7 Å². The highest BCUT2D eigenvalue weighted by Gasteiger charge is 2.16. The Hall–Kier alpha value is -2.66. The summed E-state index contributed by atoms with van der Waals surface area (Å²) in [7, 11) is 0. The van der Waals surface area contributed by atoms with E-state index in [0.717, 1.165) is 5.56 Å². The van der Waals surface area contributed by atoms with Gasteiger partial charge in [-0.05, 0) is 49.4 Å². The third-order valence-electron chi connectivity index (χ3n) is 3.53. The van der Waals surface area contributed by atoms with Gasteiger partial charge in [0.1, 0.15) is 11.5 Å². The molecular formula is C18H15ClFN3O. The molecule has 1 amide bonds. The van der Waals surface area contributed by atoms with Crippen LogP contribution in [0.15, 0.2) is 54.6 Å². The molecule has 2 aromatic carbocycles. The van der Waals surface area contributed by atoms with Gasteiger partial charge in [-0.2, -0.15) is 5.10 Å². The van der Waals surface area contributed by atoms with Gasteiger partial charge in [0.05, 0.1) is 5.69 Å². The average Bonchev–Trinajstić information content (AvgIpc) is 3.01. The lowest BCUT2D eigenvalue weighted by Gasteiger charge is -2.06. The van der Waals surface area contributed by atoms with Crippen molar-refractivity contribution in [2.24, 2.45) is 0 Å². The van der Waals surface area contributed by atoms with E-state index < -0.39 is 0 Å². The molecule has 0 bridgehead atoms. The second-order valence-corrected chi connectivity index (χ2v) is 5.64. The lowest BCUT2D eigenvalue weighted by molar-refractivity contribution is 0.101. The SMILES string of the molecule is CCn1nc(-c2cccc(Cl)c2)cc1C(=O)Nc1ccc(F)cc1. The number of benzene rings is 2.